The summed E-state index contributed by atoms with van der Waals surface area (Å²) in [5.74, 6) is 0. The molecule has 0 unspecified atom stereocenters. The Labute approximate surface area is 285 Å². The molecule has 4 aromatic carbocycles. The third-order valence-electron chi connectivity index (χ3n) is 10.6. The van der Waals surface area contributed by atoms with Crippen LogP contribution in [0.15, 0.2) is 121 Å². The topological polar surface area (TPSA) is 0 Å². The first kappa shape index (κ1) is 35.5. The van der Waals surface area contributed by atoms with Gasteiger partial charge in [-0.2, -0.15) is 0 Å². The van der Waals surface area contributed by atoms with E-state index in [2.05, 4.69) is 163 Å². The van der Waals surface area contributed by atoms with E-state index in [1.54, 1.807) is 3.32 Å². The van der Waals surface area contributed by atoms with Crippen LogP contribution in [0.2, 0.25) is 7.85 Å². The predicted octanol–water partition coefficient (Wildman–Crippen LogP) is 11.6. The van der Waals surface area contributed by atoms with Crippen molar-refractivity contribution in [3.8, 4) is 11.1 Å². The predicted molar refractivity (Wildman–Crippen MR) is 200 cm³/mol. The van der Waals surface area contributed by atoms with Gasteiger partial charge in [0.2, 0.25) is 0 Å². The quantitative estimate of drug-likeness (QED) is 0.163. The van der Waals surface area contributed by atoms with E-state index in [1.165, 1.54) is 43.1 Å². The molecule has 0 aromatic heterocycles. The monoisotopic (exact) mass is 804 g/mol. The molecule has 0 saturated heterocycles. The van der Waals surface area contributed by atoms with Gasteiger partial charge in [0.15, 0.2) is 0 Å². The van der Waals surface area contributed by atoms with Crippen LogP contribution >= 0.6 is 24.8 Å². The van der Waals surface area contributed by atoms with E-state index >= 15 is 0 Å². The molecule has 0 spiro atoms. The Morgan fingerprint density at radius 3 is 1.56 bits per heavy atom. The van der Waals surface area contributed by atoms with Crippen LogP contribution in [-0.4, -0.2) is 4.26 Å². The summed E-state index contributed by atoms with van der Waals surface area (Å²) >= 11 is -4.57. The molecule has 0 bridgehead atoms. The molecule has 45 heavy (non-hydrogen) atoms. The van der Waals surface area contributed by atoms with Crippen molar-refractivity contribution < 1.29 is 18.0 Å². The van der Waals surface area contributed by atoms with Crippen molar-refractivity contribution in [1.29, 1.82) is 0 Å². The number of fused-ring (bicyclic) bond motifs is 3. The molecule has 6 rings (SSSR count). The summed E-state index contributed by atoms with van der Waals surface area (Å²) in [6.45, 7) is 14.1. The zero-order valence-electron chi connectivity index (χ0n) is 27.8. The van der Waals surface area contributed by atoms with E-state index in [0.29, 0.717) is 7.35 Å². The molecule has 2 aliphatic carbocycles. The van der Waals surface area contributed by atoms with Gasteiger partial charge in [-0.25, -0.2) is 0 Å². The maximum absolute atomic E-state index is 5.76. The average Bonchev–Trinajstić information content (AvgIpc) is 3.65. The number of halogens is 2. The minimum absolute atomic E-state index is 0. The van der Waals surface area contributed by atoms with E-state index in [1.807, 2.05) is 0 Å². The fourth-order valence-corrected chi connectivity index (χ4v) is 34.3. The van der Waals surface area contributed by atoms with Crippen molar-refractivity contribution in [3.63, 3.8) is 0 Å². The second-order valence-corrected chi connectivity index (χ2v) is 37.2. The van der Waals surface area contributed by atoms with Gasteiger partial charge in [0, 0.05) is 0 Å². The maximum atomic E-state index is 5.76. The van der Waals surface area contributed by atoms with Gasteiger partial charge < -0.3 is 0 Å². The molecule has 0 atom stereocenters. The Morgan fingerprint density at radius 1 is 0.622 bits per heavy atom. The fourth-order valence-electron chi connectivity index (χ4n) is 8.11. The number of allylic oxidation sites excluding steroid dienone is 4. The summed E-state index contributed by atoms with van der Waals surface area (Å²) in [5, 5.41) is 0. The van der Waals surface area contributed by atoms with Crippen molar-refractivity contribution in [2.45, 2.75) is 76.7 Å². The van der Waals surface area contributed by atoms with Crippen molar-refractivity contribution >= 4 is 32.4 Å². The molecular weight excluding hydrogens is 754 g/mol. The van der Waals surface area contributed by atoms with Crippen LogP contribution in [-0.2, 0) is 35.3 Å². The first-order valence-corrected chi connectivity index (χ1v) is 27.2. The van der Waals surface area contributed by atoms with Crippen molar-refractivity contribution in [2.24, 2.45) is 0 Å². The van der Waals surface area contributed by atoms with Gasteiger partial charge in [0.25, 0.3) is 0 Å². The Balaban J connectivity index is 0.00000230. The summed E-state index contributed by atoms with van der Waals surface area (Å²) in [5.41, 5.74) is 10.3. The molecule has 0 N–H and O–H groups in total. The standard InChI is InChI=1S/C21H25.C9H11.C6H5.C5H5.CH2.2ClH.Hf/c1-20(2,3)16-7-9-18-14(12-16)11-15-13-17(21(4,5)6)8-10-19(15)18;1-2-6-9-7-4-3-5-8-9;1-2-4-6-5-3-1;1-2-4-5-3-1;;;;/h7-13H,1-6H3;3-5,7-8H,1-2,6H2;1-5H;1-5H;1H2;2*1H;. The molecule has 0 heterocycles. The summed E-state index contributed by atoms with van der Waals surface area (Å²) in [4.78, 5) is 0. The second-order valence-electron chi connectivity index (χ2n) is 15.4. The zero-order chi connectivity index (χ0) is 30.5. The number of hydrogen-bond acceptors (Lipinski definition) is 0. The van der Waals surface area contributed by atoms with E-state index in [0.717, 1.165) is 12.8 Å². The van der Waals surface area contributed by atoms with Gasteiger partial charge in [0.05, 0.1) is 0 Å². The Bertz CT molecular complexity index is 1690. The van der Waals surface area contributed by atoms with Crippen molar-refractivity contribution in [2.75, 3.05) is 0 Å². The second kappa shape index (κ2) is 13.1. The van der Waals surface area contributed by atoms with Gasteiger partial charge >= 0.3 is 263 Å². The summed E-state index contributed by atoms with van der Waals surface area (Å²) in [6.07, 6.45) is 11.8. The summed E-state index contributed by atoms with van der Waals surface area (Å²) in [6, 6.07) is 37.5. The average molecular weight is 804 g/mol. The molecular formula is C42H50Cl2Hf. The Hall–Kier alpha value is -2.32. The van der Waals surface area contributed by atoms with Crippen LogP contribution < -0.4 is 3.32 Å². The van der Waals surface area contributed by atoms with Crippen LogP contribution in [0.5, 0.6) is 0 Å². The molecule has 4 aromatic rings. The van der Waals surface area contributed by atoms with Crippen molar-refractivity contribution in [1.82, 2.24) is 0 Å². The molecule has 0 nitrogen and oxygen atoms in total. The van der Waals surface area contributed by atoms with Gasteiger partial charge in [-0.3, -0.25) is 0 Å². The first-order valence-electron chi connectivity index (χ1n) is 16.2. The van der Waals surface area contributed by atoms with Crippen LogP contribution in [0.25, 0.3) is 11.1 Å². The number of rotatable bonds is 7. The van der Waals surface area contributed by atoms with Crippen molar-refractivity contribution in [3.05, 3.63) is 149 Å². The van der Waals surface area contributed by atoms with Crippen LogP contribution in [0, 0.1) is 0 Å². The molecule has 0 radical (unpaired) electrons. The minimum atomic E-state index is -4.57. The van der Waals surface area contributed by atoms with Gasteiger partial charge in [-0.15, -0.1) is 24.8 Å². The third-order valence-corrected chi connectivity index (χ3v) is 37.4. The van der Waals surface area contributed by atoms with Crippen LogP contribution in [0.4, 0.5) is 0 Å². The van der Waals surface area contributed by atoms with Gasteiger partial charge in [-0.05, 0) is 0 Å². The van der Waals surface area contributed by atoms with E-state index in [9.17, 15) is 0 Å². The zero-order valence-corrected chi connectivity index (χ0v) is 33.1. The summed E-state index contributed by atoms with van der Waals surface area (Å²) < 4.78 is 9.16. The molecule has 2 aliphatic rings. The molecule has 3 heteroatoms. The first-order chi connectivity index (χ1) is 20.4. The van der Waals surface area contributed by atoms with E-state index in [4.69, 9.17) is 4.26 Å². The molecule has 0 saturated carbocycles. The van der Waals surface area contributed by atoms with E-state index < -0.39 is 18.0 Å². The summed E-state index contributed by atoms with van der Waals surface area (Å²) in [7, 11) is 0. The van der Waals surface area contributed by atoms with Crippen LogP contribution in [0.3, 0.4) is 0 Å². The molecule has 0 amide bonds. The van der Waals surface area contributed by atoms with Crippen LogP contribution in [0.1, 0.15) is 79.5 Å². The molecule has 0 aliphatic heterocycles. The number of benzene rings is 4. The number of aryl methyl sites for hydroxylation is 1. The van der Waals surface area contributed by atoms with E-state index in [-0.39, 0.29) is 35.6 Å². The third kappa shape index (κ3) is 6.22. The Kier molecular flexibility index (Phi) is 10.3. The Morgan fingerprint density at radius 2 is 1.09 bits per heavy atom. The normalized spacial score (nSPS) is 14.9. The molecule has 236 valence electrons. The number of hydrogen-bond donors (Lipinski definition) is 0. The fraction of sp³-hybridized carbons (Fsp3) is 0.310. The van der Waals surface area contributed by atoms with Gasteiger partial charge in [-0.1, -0.05) is 0 Å². The molecule has 0 fully saturated rings. The SMILES string of the molecule is Cl.Cl.[CH2]=[Hf]([CH2]CCc1ccccc1)([c]1ccccc1)([CH]1C=CC=C1)[CH]1c2cc(C(C)(C)C)ccc2-c2ccc(C(C)(C)C)cc21. The van der Waals surface area contributed by atoms with Gasteiger partial charge in [0.1, 0.15) is 0 Å².